The minimum atomic E-state index is -0.266. The van der Waals surface area contributed by atoms with Crippen LogP contribution in [0.15, 0.2) is 18.2 Å². The van der Waals surface area contributed by atoms with Gasteiger partial charge in [-0.05, 0) is 31.0 Å². The molecule has 0 amide bonds. The van der Waals surface area contributed by atoms with E-state index >= 15 is 0 Å². The van der Waals surface area contributed by atoms with Gasteiger partial charge in [-0.25, -0.2) is 0 Å². The Hall–Kier alpha value is -0.770. The molecule has 1 aromatic carbocycles. The number of benzene rings is 1. The third-order valence-electron chi connectivity index (χ3n) is 3.67. The summed E-state index contributed by atoms with van der Waals surface area (Å²) in [6, 6.07) is 5.98. The SMILES string of the molecule is CNCc1cccc(Cl)c1N1CCC(C)C(O)C1. The van der Waals surface area contributed by atoms with Crippen LogP contribution >= 0.6 is 11.6 Å². The van der Waals surface area contributed by atoms with Crippen LogP contribution < -0.4 is 10.2 Å². The molecule has 18 heavy (non-hydrogen) atoms. The maximum atomic E-state index is 10.0. The number of anilines is 1. The van der Waals surface area contributed by atoms with Crippen LogP contribution in [-0.2, 0) is 6.54 Å². The van der Waals surface area contributed by atoms with E-state index in [9.17, 15) is 5.11 Å². The Morgan fingerprint density at radius 3 is 2.94 bits per heavy atom. The monoisotopic (exact) mass is 268 g/mol. The van der Waals surface area contributed by atoms with Crippen molar-refractivity contribution in [2.24, 2.45) is 5.92 Å². The quantitative estimate of drug-likeness (QED) is 0.883. The summed E-state index contributed by atoms with van der Waals surface area (Å²) in [6.45, 7) is 4.52. The second kappa shape index (κ2) is 5.91. The van der Waals surface area contributed by atoms with Crippen LogP contribution in [0.1, 0.15) is 18.9 Å². The molecule has 2 N–H and O–H groups in total. The average molecular weight is 269 g/mol. The molecule has 1 fully saturated rings. The Morgan fingerprint density at radius 2 is 2.28 bits per heavy atom. The van der Waals surface area contributed by atoms with E-state index in [1.807, 2.05) is 19.2 Å². The van der Waals surface area contributed by atoms with Crippen molar-refractivity contribution in [2.75, 3.05) is 25.0 Å². The van der Waals surface area contributed by atoms with Gasteiger partial charge in [0.15, 0.2) is 0 Å². The number of halogens is 1. The minimum absolute atomic E-state index is 0.266. The normalized spacial score (nSPS) is 24.3. The summed E-state index contributed by atoms with van der Waals surface area (Å²) in [5.41, 5.74) is 2.26. The fraction of sp³-hybridized carbons (Fsp3) is 0.571. The molecule has 0 spiro atoms. The molecule has 0 saturated carbocycles. The second-order valence-electron chi connectivity index (χ2n) is 5.06. The van der Waals surface area contributed by atoms with Gasteiger partial charge in [-0.2, -0.15) is 0 Å². The number of rotatable bonds is 3. The van der Waals surface area contributed by atoms with Gasteiger partial charge >= 0.3 is 0 Å². The van der Waals surface area contributed by atoms with Gasteiger partial charge in [-0.3, -0.25) is 0 Å². The highest BCUT2D eigenvalue weighted by atomic mass is 35.5. The average Bonchev–Trinajstić information content (AvgIpc) is 2.34. The first kappa shape index (κ1) is 13.7. The molecule has 1 aromatic rings. The summed E-state index contributed by atoms with van der Waals surface area (Å²) in [7, 11) is 1.93. The molecular weight excluding hydrogens is 248 g/mol. The third kappa shape index (κ3) is 2.79. The van der Waals surface area contributed by atoms with Crippen molar-refractivity contribution in [3.8, 4) is 0 Å². The summed E-state index contributed by atoms with van der Waals surface area (Å²) >= 11 is 6.33. The number of aliphatic hydroxyl groups is 1. The number of hydrogen-bond acceptors (Lipinski definition) is 3. The van der Waals surface area contributed by atoms with Crippen LogP contribution in [0.4, 0.5) is 5.69 Å². The molecule has 3 nitrogen and oxygen atoms in total. The number of nitrogens with zero attached hydrogens (tertiary/aromatic N) is 1. The predicted molar refractivity (Wildman–Crippen MR) is 76.2 cm³/mol. The van der Waals surface area contributed by atoms with Gasteiger partial charge in [0, 0.05) is 19.6 Å². The summed E-state index contributed by atoms with van der Waals surface area (Å²) in [6.07, 6.45) is 0.739. The van der Waals surface area contributed by atoms with Gasteiger partial charge in [0.05, 0.1) is 16.8 Å². The molecular formula is C14H21ClN2O. The molecule has 100 valence electrons. The number of para-hydroxylation sites is 1. The summed E-state index contributed by atoms with van der Waals surface area (Å²) in [5.74, 6) is 0.372. The summed E-state index contributed by atoms with van der Waals surface area (Å²) in [4.78, 5) is 2.21. The summed E-state index contributed by atoms with van der Waals surface area (Å²) < 4.78 is 0. The van der Waals surface area contributed by atoms with Crippen LogP contribution in [0, 0.1) is 5.92 Å². The maximum Gasteiger partial charge on any atom is 0.0741 e. The molecule has 1 aliphatic heterocycles. The van der Waals surface area contributed by atoms with Crippen molar-refractivity contribution in [2.45, 2.75) is 26.0 Å². The van der Waals surface area contributed by atoms with E-state index in [4.69, 9.17) is 11.6 Å². The number of hydrogen-bond donors (Lipinski definition) is 2. The van der Waals surface area contributed by atoms with E-state index in [-0.39, 0.29) is 6.10 Å². The second-order valence-corrected chi connectivity index (χ2v) is 5.46. The molecule has 1 aliphatic rings. The largest absolute Gasteiger partial charge is 0.391 e. The molecule has 1 heterocycles. The van der Waals surface area contributed by atoms with Gasteiger partial charge in [0.1, 0.15) is 0 Å². The Morgan fingerprint density at radius 1 is 1.50 bits per heavy atom. The van der Waals surface area contributed by atoms with Crippen LogP contribution in [0.25, 0.3) is 0 Å². The molecule has 4 heteroatoms. The van der Waals surface area contributed by atoms with E-state index in [0.717, 1.165) is 30.2 Å². The Bertz CT molecular complexity index is 411. The van der Waals surface area contributed by atoms with E-state index < -0.39 is 0 Å². The van der Waals surface area contributed by atoms with Crippen LogP contribution in [0.5, 0.6) is 0 Å². The first-order valence-electron chi connectivity index (χ1n) is 6.48. The van der Waals surface area contributed by atoms with Gasteiger partial charge in [-0.15, -0.1) is 0 Å². The Kier molecular flexibility index (Phi) is 4.49. The lowest BCUT2D eigenvalue weighted by molar-refractivity contribution is 0.103. The molecule has 0 aromatic heterocycles. The molecule has 0 aliphatic carbocycles. The Balaban J connectivity index is 2.26. The van der Waals surface area contributed by atoms with Gasteiger partial charge in [0.25, 0.3) is 0 Å². The van der Waals surface area contributed by atoms with Crippen molar-refractivity contribution in [1.82, 2.24) is 5.32 Å². The van der Waals surface area contributed by atoms with Crippen molar-refractivity contribution in [3.63, 3.8) is 0 Å². The number of piperidine rings is 1. The van der Waals surface area contributed by atoms with E-state index in [2.05, 4.69) is 23.2 Å². The van der Waals surface area contributed by atoms with Gasteiger partial charge < -0.3 is 15.3 Å². The van der Waals surface area contributed by atoms with Crippen LogP contribution in [-0.4, -0.2) is 31.3 Å². The zero-order valence-corrected chi connectivity index (χ0v) is 11.7. The highest BCUT2D eigenvalue weighted by Crippen LogP contribution is 2.33. The zero-order valence-electron chi connectivity index (χ0n) is 11.0. The smallest absolute Gasteiger partial charge is 0.0741 e. The lowest BCUT2D eigenvalue weighted by atomic mass is 9.95. The molecule has 2 unspecified atom stereocenters. The molecule has 0 bridgehead atoms. The lowest BCUT2D eigenvalue weighted by Crippen LogP contribution is -2.43. The van der Waals surface area contributed by atoms with Gasteiger partial charge in [0.2, 0.25) is 0 Å². The van der Waals surface area contributed by atoms with Gasteiger partial charge in [-0.1, -0.05) is 30.7 Å². The first-order chi connectivity index (χ1) is 8.63. The highest BCUT2D eigenvalue weighted by Gasteiger charge is 2.26. The van der Waals surface area contributed by atoms with E-state index in [1.165, 1.54) is 5.56 Å². The molecule has 0 radical (unpaired) electrons. The van der Waals surface area contributed by atoms with Crippen molar-refractivity contribution < 1.29 is 5.11 Å². The standard InChI is InChI=1S/C14H21ClN2O/c1-10-6-7-17(9-13(10)18)14-11(8-16-2)4-3-5-12(14)15/h3-5,10,13,16,18H,6-9H2,1-2H3. The van der Waals surface area contributed by atoms with Crippen molar-refractivity contribution in [1.29, 1.82) is 0 Å². The van der Waals surface area contributed by atoms with Crippen molar-refractivity contribution in [3.05, 3.63) is 28.8 Å². The van der Waals surface area contributed by atoms with Crippen LogP contribution in [0.2, 0.25) is 5.02 Å². The Labute approximate surface area is 114 Å². The fourth-order valence-electron chi connectivity index (χ4n) is 2.50. The maximum absolute atomic E-state index is 10.0. The van der Waals surface area contributed by atoms with E-state index in [0.29, 0.717) is 12.5 Å². The lowest BCUT2D eigenvalue weighted by Gasteiger charge is -2.37. The zero-order chi connectivity index (χ0) is 13.1. The molecule has 1 saturated heterocycles. The highest BCUT2D eigenvalue weighted by molar-refractivity contribution is 6.33. The third-order valence-corrected chi connectivity index (χ3v) is 3.98. The van der Waals surface area contributed by atoms with Crippen LogP contribution in [0.3, 0.4) is 0 Å². The fourth-order valence-corrected chi connectivity index (χ4v) is 2.81. The number of nitrogens with one attached hydrogen (secondary N) is 1. The predicted octanol–water partition coefficient (Wildman–Crippen LogP) is 2.27. The first-order valence-corrected chi connectivity index (χ1v) is 6.86. The molecule has 2 atom stereocenters. The molecule has 2 rings (SSSR count). The minimum Gasteiger partial charge on any atom is -0.391 e. The topological polar surface area (TPSA) is 35.5 Å². The number of aliphatic hydroxyl groups excluding tert-OH is 1. The summed E-state index contributed by atoms with van der Waals surface area (Å²) in [5, 5.41) is 14.0. The number of β-amino-alcohol motifs (C(OH)–C–C–N with tert-alkyl or cyclic N) is 1. The van der Waals surface area contributed by atoms with E-state index in [1.54, 1.807) is 0 Å². The van der Waals surface area contributed by atoms with Crippen molar-refractivity contribution >= 4 is 17.3 Å².